The van der Waals surface area contributed by atoms with E-state index < -0.39 is 7.14 Å². The van der Waals surface area contributed by atoms with Crippen molar-refractivity contribution in [1.29, 1.82) is 0 Å². The van der Waals surface area contributed by atoms with E-state index in [9.17, 15) is 4.57 Å². The third-order valence-electron chi connectivity index (χ3n) is 8.90. The van der Waals surface area contributed by atoms with Gasteiger partial charge in [-0.2, -0.15) is 0 Å². The molecule has 0 aliphatic rings. The van der Waals surface area contributed by atoms with Crippen molar-refractivity contribution in [2.45, 2.75) is 0 Å². The predicted molar refractivity (Wildman–Crippen MR) is 187 cm³/mol. The predicted octanol–water partition coefficient (Wildman–Crippen LogP) is 8.60. The molecule has 4 nitrogen and oxygen atoms in total. The van der Waals surface area contributed by atoms with E-state index in [-0.39, 0.29) is 0 Å². The van der Waals surface area contributed by atoms with Gasteiger partial charge >= 0.3 is 0 Å². The van der Waals surface area contributed by atoms with Gasteiger partial charge in [-0.25, -0.2) is 9.50 Å². The Kier molecular flexibility index (Phi) is 5.74. The average molecular weight is 596 g/mol. The summed E-state index contributed by atoms with van der Waals surface area (Å²) in [7, 11) is -3.00. The first kappa shape index (κ1) is 25.9. The number of fused-ring (bicyclic) bond motifs is 4. The maximum atomic E-state index is 14.7. The molecule has 0 aliphatic carbocycles. The van der Waals surface area contributed by atoms with Crippen LogP contribution >= 0.6 is 7.14 Å². The lowest BCUT2D eigenvalue weighted by atomic mass is 10.0. The Hall–Kier alpha value is -5.57. The quantitative estimate of drug-likeness (QED) is 0.187. The first-order valence-electron chi connectivity index (χ1n) is 15.0. The molecule has 0 saturated heterocycles. The van der Waals surface area contributed by atoms with Crippen LogP contribution in [0.15, 0.2) is 158 Å². The summed E-state index contributed by atoms with van der Waals surface area (Å²) >= 11 is 0. The molecule has 0 fully saturated rings. The lowest BCUT2D eigenvalue weighted by Gasteiger charge is -2.20. The maximum Gasteiger partial charge on any atom is 0.182 e. The largest absolute Gasteiger partial charge is 0.309 e. The van der Waals surface area contributed by atoms with Crippen molar-refractivity contribution < 1.29 is 4.57 Å². The highest BCUT2D eigenvalue weighted by Gasteiger charge is 2.29. The molecule has 9 aromatic rings. The van der Waals surface area contributed by atoms with Crippen molar-refractivity contribution in [3.8, 4) is 22.5 Å². The third-order valence-corrected chi connectivity index (χ3v) is 12.0. The van der Waals surface area contributed by atoms with E-state index in [1.807, 2.05) is 77.3 Å². The molecule has 45 heavy (non-hydrogen) atoms. The van der Waals surface area contributed by atoms with Crippen LogP contribution in [0.25, 0.3) is 60.5 Å². The van der Waals surface area contributed by atoms with Crippen molar-refractivity contribution in [1.82, 2.24) is 14.6 Å². The summed E-state index contributed by atoms with van der Waals surface area (Å²) in [6, 6.07) is 51.1. The molecule has 0 unspecified atom stereocenters. The van der Waals surface area contributed by atoms with E-state index in [4.69, 9.17) is 10.1 Å². The summed E-state index contributed by atoms with van der Waals surface area (Å²) in [4.78, 5) is 4.91. The van der Waals surface area contributed by atoms with Gasteiger partial charge in [0.2, 0.25) is 0 Å². The zero-order valence-corrected chi connectivity index (χ0v) is 25.1. The molecule has 212 valence electrons. The second kappa shape index (κ2) is 9.99. The maximum absolute atomic E-state index is 14.7. The Labute approximate surface area is 259 Å². The molecule has 0 bridgehead atoms. The van der Waals surface area contributed by atoms with E-state index in [1.165, 1.54) is 32.3 Å². The van der Waals surface area contributed by atoms with E-state index in [2.05, 4.69) is 85.1 Å². The van der Waals surface area contributed by atoms with Crippen molar-refractivity contribution in [2.75, 3.05) is 0 Å². The number of hydrogen-bond donors (Lipinski definition) is 0. The fourth-order valence-corrected chi connectivity index (χ4v) is 9.32. The molecular weight excluding hydrogens is 569 g/mol. The number of benzene rings is 6. The monoisotopic (exact) mass is 595 g/mol. The molecule has 0 amide bonds. The highest BCUT2D eigenvalue weighted by atomic mass is 31.2. The Balaban J connectivity index is 1.05. The van der Waals surface area contributed by atoms with Gasteiger partial charge in [-0.15, -0.1) is 5.10 Å². The molecule has 9 rings (SSSR count). The van der Waals surface area contributed by atoms with E-state index in [0.717, 1.165) is 38.3 Å². The van der Waals surface area contributed by atoms with Gasteiger partial charge < -0.3 is 4.57 Å². The Morgan fingerprint density at radius 1 is 0.489 bits per heavy atom. The molecule has 0 atom stereocenters. The van der Waals surface area contributed by atoms with Crippen LogP contribution in [0.3, 0.4) is 0 Å². The van der Waals surface area contributed by atoms with Crippen LogP contribution in [-0.2, 0) is 4.57 Å². The van der Waals surface area contributed by atoms with Crippen molar-refractivity contribution >= 4 is 61.0 Å². The molecule has 2 heterocycles. The van der Waals surface area contributed by atoms with Crippen molar-refractivity contribution in [3.05, 3.63) is 158 Å². The smallest absolute Gasteiger partial charge is 0.182 e. The Morgan fingerprint density at radius 2 is 1.02 bits per heavy atom. The molecule has 0 saturated carbocycles. The number of hydrogen-bond acceptors (Lipinski definition) is 3. The summed E-state index contributed by atoms with van der Waals surface area (Å²) in [5.41, 5.74) is 3.92. The molecule has 0 radical (unpaired) electrons. The molecule has 0 spiro atoms. The first-order valence-corrected chi connectivity index (χ1v) is 16.7. The molecular formula is C40H26N3OP. The van der Waals surface area contributed by atoms with Gasteiger partial charge in [0.15, 0.2) is 18.6 Å². The third kappa shape index (κ3) is 4.03. The number of pyridine rings is 1. The lowest BCUT2D eigenvalue weighted by molar-refractivity contribution is 0.592. The van der Waals surface area contributed by atoms with Crippen LogP contribution in [0.4, 0.5) is 0 Å². The van der Waals surface area contributed by atoms with Gasteiger partial charge in [-0.05, 0) is 44.1 Å². The van der Waals surface area contributed by atoms with E-state index >= 15 is 0 Å². The fourth-order valence-electron chi connectivity index (χ4n) is 6.68. The lowest BCUT2D eigenvalue weighted by Crippen LogP contribution is -2.24. The highest BCUT2D eigenvalue weighted by molar-refractivity contribution is 7.85. The number of rotatable bonds is 5. The van der Waals surface area contributed by atoms with Crippen LogP contribution < -0.4 is 15.9 Å². The van der Waals surface area contributed by atoms with Gasteiger partial charge in [0.05, 0.1) is 0 Å². The second-order valence-electron chi connectivity index (χ2n) is 11.5. The standard InChI is InChI=1S/C40H26N3OP/c44-45(31-11-3-1-4-12-31,32-13-5-2-6-14-32)33-23-21-28(22-24-33)27-17-19-30(20-18-27)40-41-38-25-36-34-15-7-9-29-10-8-16-35(39(29)34)37(36)26-43(38)42-40/h1-26H. The van der Waals surface area contributed by atoms with Crippen LogP contribution in [0, 0.1) is 0 Å². The van der Waals surface area contributed by atoms with E-state index in [1.54, 1.807) is 0 Å². The molecule has 0 aliphatic heterocycles. The van der Waals surface area contributed by atoms with Gasteiger partial charge in [0.25, 0.3) is 0 Å². The Morgan fingerprint density at radius 3 is 1.64 bits per heavy atom. The van der Waals surface area contributed by atoms with Gasteiger partial charge in [0, 0.05) is 33.1 Å². The van der Waals surface area contributed by atoms with Crippen LogP contribution in [0.2, 0.25) is 0 Å². The normalized spacial score (nSPS) is 12.1. The average Bonchev–Trinajstić information content (AvgIpc) is 3.68. The molecule has 2 aromatic heterocycles. The summed E-state index contributed by atoms with van der Waals surface area (Å²) in [6.07, 6.45) is 2.11. The summed E-state index contributed by atoms with van der Waals surface area (Å²) in [5.74, 6) is 0.693. The number of aromatic nitrogens is 3. The van der Waals surface area contributed by atoms with Crippen molar-refractivity contribution in [2.24, 2.45) is 0 Å². The molecule has 0 N–H and O–H groups in total. The summed E-state index contributed by atoms with van der Waals surface area (Å²) in [5, 5.41) is 14.8. The zero-order valence-electron chi connectivity index (χ0n) is 24.2. The molecule has 5 heteroatoms. The SMILES string of the molecule is O=P(c1ccccc1)(c1ccccc1)c1ccc(-c2ccc(-c3nc4cc5c(cn4n3)c3cccc4cccc5c43)cc2)cc1. The fraction of sp³-hybridized carbons (Fsp3) is 0. The van der Waals surface area contributed by atoms with Gasteiger partial charge in [-0.1, -0.05) is 146 Å². The minimum absolute atomic E-state index is 0.693. The zero-order chi connectivity index (χ0) is 30.0. The van der Waals surface area contributed by atoms with Gasteiger partial charge in [-0.3, -0.25) is 0 Å². The minimum atomic E-state index is -3.00. The van der Waals surface area contributed by atoms with Crippen LogP contribution in [0.5, 0.6) is 0 Å². The van der Waals surface area contributed by atoms with E-state index in [0.29, 0.717) is 5.82 Å². The van der Waals surface area contributed by atoms with Gasteiger partial charge in [0.1, 0.15) is 0 Å². The minimum Gasteiger partial charge on any atom is -0.309 e. The molecule has 7 aromatic carbocycles. The highest BCUT2D eigenvalue weighted by Crippen LogP contribution is 2.43. The Bertz CT molecular complexity index is 2410. The van der Waals surface area contributed by atoms with Crippen LogP contribution in [0.1, 0.15) is 0 Å². The summed E-state index contributed by atoms with van der Waals surface area (Å²) < 4.78 is 16.6. The van der Waals surface area contributed by atoms with Crippen molar-refractivity contribution in [3.63, 3.8) is 0 Å². The number of nitrogens with zero attached hydrogens (tertiary/aromatic N) is 3. The first-order chi connectivity index (χ1) is 22.2. The van der Waals surface area contributed by atoms with Crippen LogP contribution in [-0.4, -0.2) is 14.6 Å². The topological polar surface area (TPSA) is 47.3 Å². The second-order valence-corrected chi connectivity index (χ2v) is 14.2. The summed E-state index contributed by atoms with van der Waals surface area (Å²) in [6.45, 7) is 0.